The summed E-state index contributed by atoms with van der Waals surface area (Å²) in [5.74, 6) is -3.23. The quantitative estimate of drug-likeness (QED) is 0.379. The highest BCUT2D eigenvalue weighted by Crippen LogP contribution is 2.06. The number of imide groups is 2. The Hall–Kier alpha value is -1.53. The monoisotopic (exact) mass is 164 g/mol. The van der Waals surface area contributed by atoms with Gasteiger partial charge in [-0.1, -0.05) is 9.60 Å². The van der Waals surface area contributed by atoms with Gasteiger partial charge in [-0.3, -0.25) is 14.9 Å². The maximum Gasteiger partial charge on any atom is 0.359 e. The number of barbiturate groups is 1. The molecular weight excluding hydrogens is 162 g/mol. The first kappa shape index (κ1) is 7.58. The van der Waals surface area contributed by atoms with Crippen LogP contribution in [0.4, 0.5) is 13.7 Å². The molecule has 0 spiro atoms. The highest BCUT2D eigenvalue weighted by atomic mass is 19.2. The Morgan fingerprint density at radius 2 is 1.91 bits per heavy atom. The second kappa shape index (κ2) is 2.26. The molecule has 1 atom stereocenters. The van der Waals surface area contributed by atoms with E-state index in [1.54, 1.807) is 0 Å². The minimum absolute atomic E-state index is 0.980. The minimum Gasteiger partial charge on any atom is -0.273 e. The molecule has 0 aromatic carbocycles. The summed E-state index contributed by atoms with van der Waals surface area (Å²) in [6.45, 7) is 0. The minimum atomic E-state index is -2.63. The highest BCUT2D eigenvalue weighted by molar-refractivity contribution is 6.17. The molecule has 0 aromatic rings. The Kier molecular flexibility index (Phi) is 1.55. The second-order valence-corrected chi connectivity index (χ2v) is 1.78. The summed E-state index contributed by atoms with van der Waals surface area (Å²) < 4.78 is 24.3. The van der Waals surface area contributed by atoms with Crippen LogP contribution in [-0.4, -0.2) is 29.1 Å². The first-order valence-corrected chi connectivity index (χ1v) is 2.52. The standard InChI is InChI=1S/C4H2F2N2O3/c5-1-2(9)7-4(11)8(6)3(1)10/h1H,(H,7,9,11). The number of hydrogen-bond donors (Lipinski definition) is 1. The van der Waals surface area contributed by atoms with Gasteiger partial charge < -0.3 is 0 Å². The molecule has 0 bridgehead atoms. The Balaban J connectivity index is 2.87. The van der Waals surface area contributed by atoms with Crippen LogP contribution in [0.25, 0.3) is 0 Å². The molecular formula is C4H2F2N2O3. The molecule has 1 rings (SSSR count). The van der Waals surface area contributed by atoms with E-state index in [4.69, 9.17) is 0 Å². The zero-order valence-electron chi connectivity index (χ0n) is 5.01. The third-order valence-electron chi connectivity index (χ3n) is 1.05. The van der Waals surface area contributed by atoms with E-state index in [-0.39, 0.29) is 0 Å². The summed E-state index contributed by atoms with van der Waals surface area (Å²) >= 11 is 0. The van der Waals surface area contributed by atoms with E-state index in [0.29, 0.717) is 0 Å². The topological polar surface area (TPSA) is 66.5 Å². The molecule has 0 saturated carbocycles. The van der Waals surface area contributed by atoms with Crippen LogP contribution in [0, 0.1) is 0 Å². The molecule has 1 unspecified atom stereocenters. The summed E-state index contributed by atoms with van der Waals surface area (Å²) in [5.41, 5.74) is 0. The van der Waals surface area contributed by atoms with Crippen LogP contribution in [0.15, 0.2) is 0 Å². The summed E-state index contributed by atoms with van der Waals surface area (Å²) in [7, 11) is 0. The molecule has 1 aliphatic rings. The van der Waals surface area contributed by atoms with Crippen LogP contribution in [0.3, 0.4) is 0 Å². The van der Waals surface area contributed by atoms with Gasteiger partial charge in [0.2, 0.25) is 0 Å². The van der Waals surface area contributed by atoms with E-state index in [1.165, 1.54) is 5.32 Å². The number of carbonyl (C=O) groups is 3. The van der Waals surface area contributed by atoms with E-state index in [9.17, 15) is 23.3 Å². The molecule has 1 fully saturated rings. The Morgan fingerprint density at radius 3 is 2.45 bits per heavy atom. The molecule has 0 aromatic heterocycles. The molecule has 1 N–H and O–H groups in total. The van der Waals surface area contributed by atoms with Crippen molar-refractivity contribution in [3.05, 3.63) is 0 Å². The van der Waals surface area contributed by atoms with Gasteiger partial charge in [0.15, 0.2) is 0 Å². The van der Waals surface area contributed by atoms with Crippen LogP contribution in [0.5, 0.6) is 0 Å². The average molecular weight is 164 g/mol. The van der Waals surface area contributed by atoms with Crippen molar-refractivity contribution in [1.29, 1.82) is 0 Å². The van der Waals surface area contributed by atoms with Gasteiger partial charge in [-0.05, 0) is 0 Å². The van der Waals surface area contributed by atoms with Crippen LogP contribution in [0.1, 0.15) is 0 Å². The molecule has 11 heavy (non-hydrogen) atoms. The number of urea groups is 1. The van der Waals surface area contributed by atoms with Crippen molar-refractivity contribution in [3.8, 4) is 0 Å². The van der Waals surface area contributed by atoms with Crippen molar-refractivity contribution in [3.63, 3.8) is 0 Å². The molecule has 1 heterocycles. The molecule has 1 saturated heterocycles. The number of nitrogens with zero attached hydrogens (tertiary/aromatic N) is 1. The van der Waals surface area contributed by atoms with E-state index in [1.807, 2.05) is 0 Å². The lowest BCUT2D eigenvalue weighted by atomic mass is 10.3. The molecule has 1 aliphatic heterocycles. The molecule has 0 aliphatic carbocycles. The molecule has 7 heteroatoms. The van der Waals surface area contributed by atoms with Crippen molar-refractivity contribution in [2.45, 2.75) is 6.17 Å². The Labute approximate surface area is 58.9 Å². The fourth-order valence-electron chi connectivity index (χ4n) is 0.530. The number of carbonyl (C=O) groups excluding carboxylic acids is 3. The van der Waals surface area contributed by atoms with Gasteiger partial charge in [0, 0.05) is 0 Å². The first-order valence-electron chi connectivity index (χ1n) is 2.52. The average Bonchev–Trinajstić information content (AvgIpc) is 1.97. The van der Waals surface area contributed by atoms with Gasteiger partial charge in [0.05, 0.1) is 0 Å². The van der Waals surface area contributed by atoms with Gasteiger partial charge in [-0.2, -0.15) is 0 Å². The Morgan fingerprint density at radius 1 is 1.36 bits per heavy atom. The predicted octanol–water partition coefficient (Wildman–Crippen LogP) is -0.713. The van der Waals surface area contributed by atoms with Crippen molar-refractivity contribution in [2.75, 3.05) is 0 Å². The number of alkyl halides is 1. The fraction of sp³-hybridized carbons (Fsp3) is 0.250. The van der Waals surface area contributed by atoms with Crippen LogP contribution < -0.4 is 5.32 Å². The lowest BCUT2D eigenvalue weighted by molar-refractivity contribution is -0.153. The maximum absolute atomic E-state index is 12.2. The molecule has 60 valence electrons. The van der Waals surface area contributed by atoms with Gasteiger partial charge in [0.25, 0.3) is 12.1 Å². The van der Waals surface area contributed by atoms with Crippen molar-refractivity contribution in [1.82, 2.24) is 10.4 Å². The van der Waals surface area contributed by atoms with Crippen LogP contribution in [-0.2, 0) is 9.59 Å². The number of amides is 4. The fourth-order valence-corrected chi connectivity index (χ4v) is 0.530. The van der Waals surface area contributed by atoms with Crippen LogP contribution in [0.2, 0.25) is 0 Å². The number of nitrogens with one attached hydrogen (secondary N) is 1. The summed E-state index contributed by atoms with van der Waals surface area (Å²) in [6.07, 6.45) is -2.63. The van der Waals surface area contributed by atoms with E-state index >= 15 is 0 Å². The lowest BCUT2D eigenvalue weighted by Gasteiger charge is -2.17. The van der Waals surface area contributed by atoms with Crippen molar-refractivity contribution in [2.24, 2.45) is 0 Å². The van der Waals surface area contributed by atoms with Crippen molar-refractivity contribution < 1.29 is 23.3 Å². The largest absolute Gasteiger partial charge is 0.359 e. The predicted molar refractivity (Wildman–Crippen MR) is 26.4 cm³/mol. The molecule has 4 amide bonds. The number of hydrogen-bond acceptors (Lipinski definition) is 3. The normalized spacial score (nSPS) is 25.5. The Bertz CT molecular complexity index is 219. The zero-order chi connectivity index (χ0) is 8.59. The SMILES string of the molecule is O=C1NC(=O)N(F)C(=O)C1F. The van der Waals surface area contributed by atoms with Gasteiger partial charge in [-0.25, -0.2) is 9.18 Å². The van der Waals surface area contributed by atoms with Gasteiger partial charge in [0.1, 0.15) is 0 Å². The van der Waals surface area contributed by atoms with E-state index in [0.717, 1.165) is 0 Å². The van der Waals surface area contributed by atoms with E-state index in [2.05, 4.69) is 0 Å². The zero-order valence-corrected chi connectivity index (χ0v) is 5.01. The summed E-state index contributed by atoms with van der Waals surface area (Å²) in [6, 6.07) is -1.56. The van der Waals surface area contributed by atoms with Crippen molar-refractivity contribution >= 4 is 17.8 Å². The number of rotatable bonds is 0. The third kappa shape index (κ3) is 1.04. The van der Waals surface area contributed by atoms with Crippen LogP contribution >= 0.6 is 0 Å². The van der Waals surface area contributed by atoms with Gasteiger partial charge in [-0.15, -0.1) is 0 Å². The molecule has 0 radical (unpaired) electrons. The third-order valence-corrected chi connectivity index (χ3v) is 1.05. The second-order valence-electron chi connectivity index (χ2n) is 1.78. The smallest absolute Gasteiger partial charge is 0.273 e. The first-order chi connectivity index (χ1) is 5.04. The summed E-state index contributed by atoms with van der Waals surface area (Å²) in [5, 5.41) is 0.306. The lowest BCUT2D eigenvalue weighted by Crippen LogP contribution is -2.56. The highest BCUT2D eigenvalue weighted by Gasteiger charge is 2.41. The number of halogens is 2. The molecule has 5 nitrogen and oxygen atoms in total. The van der Waals surface area contributed by atoms with Gasteiger partial charge >= 0.3 is 11.9 Å². The maximum atomic E-state index is 12.2. The summed E-state index contributed by atoms with van der Waals surface area (Å²) in [4.78, 5) is 30.7. The van der Waals surface area contributed by atoms with E-state index < -0.39 is 29.1 Å².